The van der Waals surface area contributed by atoms with Gasteiger partial charge in [0.15, 0.2) is 0 Å². The van der Waals surface area contributed by atoms with E-state index < -0.39 is 0 Å². The van der Waals surface area contributed by atoms with Crippen molar-refractivity contribution in [3.63, 3.8) is 0 Å². The highest BCUT2D eigenvalue weighted by atomic mass is 32.1. The van der Waals surface area contributed by atoms with Crippen LogP contribution in [0.15, 0.2) is 41.8 Å². The maximum absolute atomic E-state index is 12.9. The van der Waals surface area contributed by atoms with Gasteiger partial charge in [-0.3, -0.25) is 9.69 Å². The molecule has 2 aliphatic rings. The summed E-state index contributed by atoms with van der Waals surface area (Å²) in [6.45, 7) is 1.69. The van der Waals surface area contributed by atoms with Gasteiger partial charge >= 0.3 is 6.03 Å². The van der Waals surface area contributed by atoms with Crippen LogP contribution in [0.2, 0.25) is 0 Å². The second-order valence-corrected chi connectivity index (χ2v) is 8.13. The van der Waals surface area contributed by atoms with E-state index >= 15 is 0 Å². The Bertz CT molecular complexity index is 904. The van der Waals surface area contributed by atoms with Crippen molar-refractivity contribution < 1.29 is 9.59 Å². The molecule has 0 unspecified atom stereocenters. The highest BCUT2D eigenvalue weighted by Gasteiger charge is 2.43. The van der Waals surface area contributed by atoms with E-state index in [4.69, 9.17) is 0 Å². The molecule has 4 rings (SSSR count). The molecule has 2 heterocycles. The number of rotatable bonds is 4. The first-order chi connectivity index (χ1) is 13.7. The smallest absolute Gasteiger partial charge is 0.321 e. The number of carbonyl (C=O) groups is 2. The number of hydrogen-bond acceptors (Lipinski definition) is 3. The minimum Gasteiger partial charge on any atom is -0.344 e. The maximum Gasteiger partial charge on any atom is 0.321 e. The van der Waals surface area contributed by atoms with Gasteiger partial charge in [-0.15, -0.1) is 11.3 Å². The lowest BCUT2D eigenvalue weighted by molar-refractivity contribution is -0.126. The minimum atomic E-state index is -0.367. The Morgan fingerprint density at radius 2 is 2.00 bits per heavy atom. The Morgan fingerprint density at radius 3 is 2.64 bits per heavy atom. The minimum absolute atomic E-state index is 0.0619. The van der Waals surface area contributed by atoms with Crippen molar-refractivity contribution in [2.45, 2.75) is 31.1 Å². The zero-order valence-electron chi connectivity index (χ0n) is 15.7. The number of carbonyl (C=O) groups excluding carboxylic acids is 2. The van der Waals surface area contributed by atoms with Crippen LogP contribution in [-0.2, 0) is 10.2 Å². The van der Waals surface area contributed by atoms with E-state index in [1.165, 1.54) is 0 Å². The SMILES string of the molecule is O=C1NCCN1c1ccc(C#CCNC(=O)C2(c3cccs3)CCCC2)cc1. The number of amides is 3. The summed E-state index contributed by atoms with van der Waals surface area (Å²) in [5.74, 6) is 6.23. The monoisotopic (exact) mass is 393 g/mol. The molecule has 3 amide bonds. The van der Waals surface area contributed by atoms with Crippen LogP contribution >= 0.6 is 11.3 Å². The van der Waals surface area contributed by atoms with Crippen LogP contribution in [0.3, 0.4) is 0 Å². The van der Waals surface area contributed by atoms with E-state index in [1.54, 1.807) is 16.2 Å². The fraction of sp³-hybridized carbons (Fsp3) is 0.364. The summed E-state index contributed by atoms with van der Waals surface area (Å²) in [6.07, 6.45) is 4.02. The van der Waals surface area contributed by atoms with Crippen LogP contribution in [0.4, 0.5) is 10.5 Å². The van der Waals surface area contributed by atoms with E-state index in [2.05, 4.69) is 28.5 Å². The molecule has 1 saturated carbocycles. The molecule has 144 valence electrons. The summed E-state index contributed by atoms with van der Waals surface area (Å²) >= 11 is 1.67. The van der Waals surface area contributed by atoms with Crippen LogP contribution < -0.4 is 15.5 Å². The fourth-order valence-electron chi connectivity index (χ4n) is 4.00. The van der Waals surface area contributed by atoms with E-state index in [9.17, 15) is 9.59 Å². The van der Waals surface area contributed by atoms with Gasteiger partial charge in [0.1, 0.15) is 0 Å². The summed E-state index contributed by atoms with van der Waals surface area (Å²) < 4.78 is 0. The number of nitrogens with one attached hydrogen (secondary N) is 2. The zero-order valence-corrected chi connectivity index (χ0v) is 16.5. The highest BCUT2D eigenvalue weighted by Crippen LogP contribution is 2.43. The Labute approximate surface area is 169 Å². The Kier molecular flexibility index (Phi) is 5.36. The van der Waals surface area contributed by atoms with Gasteiger partial charge in [0.2, 0.25) is 5.91 Å². The summed E-state index contributed by atoms with van der Waals surface area (Å²) in [5, 5.41) is 7.85. The quantitative estimate of drug-likeness (QED) is 0.784. The number of hydrogen-bond donors (Lipinski definition) is 2. The van der Waals surface area contributed by atoms with Crippen molar-refractivity contribution in [1.82, 2.24) is 10.6 Å². The third-order valence-electron chi connectivity index (χ3n) is 5.49. The lowest BCUT2D eigenvalue weighted by atomic mass is 9.83. The Balaban J connectivity index is 1.36. The first kappa shape index (κ1) is 18.6. The predicted molar refractivity (Wildman–Crippen MR) is 112 cm³/mol. The molecule has 6 heteroatoms. The van der Waals surface area contributed by atoms with E-state index in [0.717, 1.165) is 41.8 Å². The Morgan fingerprint density at radius 1 is 1.21 bits per heavy atom. The van der Waals surface area contributed by atoms with E-state index in [0.29, 0.717) is 19.6 Å². The first-order valence-corrected chi connectivity index (χ1v) is 10.5. The molecule has 2 N–H and O–H groups in total. The first-order valence-electron chi connectivity index (χ1n) is 9.66. The van der Waals surface area contributed by atoms with Gasteiger partial charge in [0.25, 0.3) is 0 Å². The molecule has 0 radical (unpaired) electrons. The lowest BCUT2D eigenvalue weighted by Gasteiger charge is -2.26. The van der Waals surface area contributed by atoms with Crippen molar-refractivity contribution in [1.29, 1.82) is 0 Å². The molecule has 1 aliphatic carbocycles. The largest absolute Gasteiger partial charge is 0.344 e. The second-order valence-electron chi connectivity index (χ2n) is 7.18. The summed E-state index contributed by atoms with van der Waals surface area (Å²) in [4.78, 5) is 27.5. The van der Waals surface area contributed by atoms with Gasteiger partial charge in [0, 0.05) is 29.2 Å². The highest BCUT2D eigenvalue weighted by molar-refractivity contribution is 7.10. The van der Waals surface area contributed by atoms with Crippen LogP contribution in [0.1, 0.15) is 36.1 Å². The van der Waals surface area contributed by atoms with Crippen molar-refractivity contribution in [3.8, 4) is 11.8 Å². The van der Waals surface area contributed by atoms with Crippen LogP contribution in [-0.4, -0.2) is 31.6 Å². The van der Waals surface area contributed by atoms with Gasteiger partial charge in [0.05, 0.1) is 12.0 Å². The average Bonchev–Trinajstić information content (AvgIpc) is 3.47. The molecule has 2 aromatic rings. The van der Waals surface area contributed by atoms with Crippen LogP contribution in [0.5, 0.6) is 0 Å². The number of nitrogens with zero attached hydrogens (tertiary/aromatic N) is 1. The van der Waals surface area contributed by atoms with Crippen molar-refractivity contribution in [2.24, 2.45) is 0 Å². The molecule has 28 heavy (non-hydrogen) atoms. The third-order valence-corrected chi connectivity index (χ3v) is 6.56. The zero-order chi connectivity index (χ0) is 19.4. The molecule has 2 fully saturated rings. The summed E-state index contributed by atoms with van der Waals surface area (Å²) in [6, 6.07) is 11.6. The molecule has 1 aliphatic heterocycles. The topological polar surface area (TPSA) is 61.4 Å². The third kappa shape index (κ3) is 3.63. The number of benzene rings is 1. The second kappa shape index (κ2) is 8.07. The molecule has 0 atom stereocenters. The maximum atomic E-state index is 12.9. The van der Waals surface area contributed by atoms with Gasteiger partial charge in [-0.05, 0) is 48.6 Å². The van der Waals surface area contributed by atoms with Gasteiger partial charge in [-0.25, -0.2) is 4.79 Å². The Hall–Kier alpha value is -2.78. The lowest BCUT2D eigenvalue weighted by Crippen LogP contribution is -2.42. The standard InChI is InChI=1S/C22H23N3O2S/c26-20(22(11-1-2-12-22)19-6-4-16-28-19)23-13-3-5-17-7-9-18(10-8-17)25-15-14-24-21(25)27/h4,6-10,16H,1-2,11-15H2,(H,23,26)(H,24,27). The van der Waals surface area contributed by atoms with Gasteiger partial charge in [-0.1, -0.05) is 30.7 Å². The van der Waals surface area contributed by atoms with E-state index in [1.807, 2.05) is 35.7 Å². The number of urea groups is 1. The van der Waals surface area contributed by atoms with Crippen molar-refractivity contribution in [2.75, 3.05) is 24.5 Å². The number of thiophene rings is 1. The molecule has 1 aromatic carbocycles. The summed E-state index contributed by atoms with van der Waals surface area (Å²) in [5.41, 5.74) is 1.37. The van der Waals surface area contributed by atoms with Gasteiger partial charge < -0.3 is 10.6 Å². The molecule has 0 spiro atoms. The summed E-state index contributed by atoms with van der Waals surface area (Å²) in [7, 11) is 0. The molecule has 1 aromatic heterocycles. The molecule has 5 nitrogen and oxygen atoms in total. The fourth-order valence-corrected chi connectivity index (χ4v) is 4.98. The number of anilines is 1. The normalized spacial score (nSPS) is 17.7. The molecular formula is C22H23N3O2S. The molecular weight excluding hydrogens is 370 g/mol. The molecule has 1 saturated heterocycles. The average molecular weight is 394 g/mol. The van der Waals surface area contributed by atoms with Crippen LogP contribution in [0.25, 0.3) is 0 Å². The van der Waals surface area contributed by atoms with Crippen LogP contribution in [0, 0.1) is 11.8 Å². The van der Waals surface area contributed by atoms with Crippen molar-refractivity contribution >= 4 is 29.0 Å². The molecule has 0 bridgehead atoms. The van der Waals surface area contributed by atoms with Gasteiger partial charge in [-0.2, -0.15) is 0 Å². The predicted octanol–water partition coefficient (Wildman–Crippen LogP) is 3.26. The van der Waals surface area contributed by atoms with E-state index in [-0.39, 0.29) is 17.4 Å². The van der Waals surface area contributed by atoms with Crippen molar-refractivity contribution in [3.05, 3.63) is 52.2 Å².